The van der Waals surface area contributed by atoms with Gasteiger partial charge in [-0.15, -0.1) is 0 Å². The first-order valence-corrected chi connectivity index (χ1v) is 12.9. The molecule has 0 radical (unpaired) electrons. The Morgan fingerprint density at radius 2 is 0.941 bits per heavy atom. The molecule has 1 heterocycles. The van der Waals surface area contributed by atoms with E-state index >= 15 is 0 Å². The van der Waals surface area contributed by atoms with Crippen LogP contribution in [0, 0.1) is 6.92 Å². The topological polar surface area (TPSA) is 24.7 Å². The second-order valence-corrected chi connectivity index (χ2v) is 6.77. The van der Waals surface area contributed by atoms with Gasteiger partial charge < -0.3 is 0 Å². The fourth-order valence-corrected chi connectivity index (χ4v) is 3.83. The summed E-state index contributed by atoms with van der Waals surface area (Å²) in [6.07, 6.45) is 0.765. The minimum Gasteiger partial charge on any atom is -0.154 e. The molecular weight excluding hydrogens is 412 g/mol. The fourth-order valence-electron chi connectivity index (χ4n) is 3.83. The van der Waals surface area contributed by atoms with Crippen molar-refractivity contribution in [1.82, 2.24) is 0 Å². The number of hydrogen-bond acceptors (Lipinski definition) is 2. The van der Waals surface area contributed by atoms with Crippen molar-refractivity contribution in [2.24, 2.45) is 10.2 Å². The van der Waals surface area contributed by atoms with E-state index in [0.29, 0.717) is 0 Å². The van der Waals surface area contributed by atoms with Gasteiger partial charge in [0.15, 0.2) is 0 Å². The van der Waals surface area contributed by atoms with E-state index in [1.165, 1.54) is 38.2 Å². The van der Waals surface area contributed by atoms with Crippen molar-refractivity contribution >= 4 is 33.0 Å². The monoisotopic (exact) mass is 454 g/mol. The predicted octanol–water partition coefficient (Wildman–Crippen LogP) is 10.0. The van der Waals surface area contributed by atoms with Crippen LogP contribution >= 0.6 is 0 Å². The summed E-state index contributed by atoms with van der Waals surface area (Å²) in [6.45, 7) is 18.2. The molecule has 1 aliphatic heterocycles. The number of fused-ring (bicyclic) bond motifs is 2. The molecule has 0 unspecified atom stereocenters. The smallest absolute Gasteiger partial charge is 0.0769 e. The molecule has 1 aliphatic rings. The molecule has 2 nitrogen and oxygen atoms in total. The predicted molar refractivity (Wildman–Crippen MR) is 156 cm³/mol. The normalized spacial score (nSPS) is 11.3. The third-order valence-electron chi connectivity index (χ3n) is 5.18. The Hall–Kier alpha value is -3.26. The van der Waals surface area contributed by atoms with E-state index < -0.39 is 0 Å². The van der Waals surface area contributed by atoms with Crippen molar-refractivity contribution in [3.63, 3.8) is 0 Å². The first-order chi connectivity index (χ1) is 16.8. The maximum absolute atomic E-state index is 4.55. The summed E-state index contributed by atoms with van der Waals surface area (Å²) >= 11 is 0. The van der Waals surface area contributed by atoms with Crippen LogP contribution in [-0.4, -0.2) is 11.4 Å². The summed E-state index contributed by atoms with van der Waals surface area (Å²) in [5.74, 6) is 0. The van der Waals surface area contributed by atoms with Crippen molar-refractivity contribution in [2.45, 2.75) is 68.7 Å². The number of benzene rings is 4. The van der Waals surface area contributed by atoms with Crippen LogP contribution < -0.4 is 0 Å². The zero-order valence-corrected chi connectivity index (χ0v) is 22.6. The highest BCUT2D eigenvalue weighted by Gasteiger charge is 2.19. The summed E-state index contributed by atoms with van der Waals surface area (Å²) in [6, 6.07) is 27.7. The average molecular weight is 455 g/mol. The molecule has 0 saturated carbocycles. The zero-order chi connectivity index (χ0) is 25.5. The van der Waals surface area contributed by atoms with Gasteiger partial charge in [-0.25, -0.2) is 0 Å². The quantitative estimate of drug-likeness (QED) is 0.288. The van der Waals surface area contributed by atoms with Gasteiger partial charge in [-0.05, 0) is 34.0 Å². The summed E-state index contributed by atoms with van der Waals surface area (Å²) < 4.78 is 0. The second-order valence-electron chi connectivity index (χ2n) is 6.77. The molecule has 0 aromatic heterocycles. The molecule has 4 aromatic carbocycles. The van der Waals surface area contributed by atoms with E-state index in [2.05, 4.69) is 96.0 Å². The number of aryl methyl sites for hydroxylation is 1. The molecule has 0 spiro atoms. The van der Waals surface area contributed by atoms with Gasteiger partial charge in [-0.3, -0.25) is 0 Å². The third-order valence-corrected chi connectivity index (χ3v) is 5.18. The van der Waals surface area contributed by atoms with E-state index in [0.717, 1.165) is 17.8 Å². The lowest BCUT2D eigenvalue weighted by Crippen LogP contribution is -2.06. The average Bonchev–Trinajstić information content (AvgIpc) is 3.43. The van der Waals surface area contributed by atoms with Crippen molar-refractivity contribution in [3.8, 4) is 0 Å². The first kappa shape index (κ1) is 28.8. The van der Waals surface area contributed by atoms with Crippen LogP contribution in [-0.2, 0) is 0 Å². The van der Waals surface area contributed by atoms with Crippen molar-refractivity contribution in [1.29, 1.82) is 0 Å². The minimum absolute atomic E-state index is 0.765. The van der Waals surface area contributed by atoms with Gasteiger partial charge in [-0.1, -0.05) is 134 Å². The molecule has 2 heteroatoms. The molecule has 0 N–H and O–H groups in total. The molecule has 180 valence electrons. The van der Waals surface area contributed by atoms with Gasteiger partial charge in [-0.2, -0.15) is 10.2 Å². The van der Waals surface area contributed by atoms with Crippen molar-refractivity contribution in [3.05, 3.63) is 95.6 Å². The first-order valence-electron chi connectivity index (χ1n) is 12.9. The Morgan fingerprint density at radius 1 is 0.471 bits per heavy atom. The van der Waals surface area contributed by atoms with E-state index in [1.807, 2.05) is 55.4 Å². The van der Waals surface area contributed by atoms with Gasteiger partial charge in [0.2, 0.25) is 0 Å². The zero-order valence-electron chi connectivity index (χ0n) is 22.6. The highest BCUT2D eigenvalue weighted by molar-refractivity contribution is 6.26. The Labute approximate surface area is 207 Å². The third kappa shape index (κ3) is 6.41. The Kier molecular flexibility index (Phi) is 13.2. The van der Waals surface area contributed by atoms with Gasteiger partial charge >= 0.3 is 0 Å². The molecule has 0 bridgehead atoms. The maximum atomic E-state index is 4.55. The van der Waals surface area contributed by atoms with Crippen LogP contribution in [0.4, 0.5) is 0 Å². The minimum atomic E-state index is 0.765. The molecule has 0 fully saturated rings. The fraction of sp³-hybridized carbons (Fsp3) is 0.312. The molecule has 0 amide bonds. The van der Waals surface area contributed by atoms with Crippen LogP contribution in [0.1, 0.15) is 78.5 Å². The van der Waals surface area contributed by atoms with Gasteiger partial charge in [0.05, 0.1) is 11.4 Å². The summed E-state index contributed by atoms with van der Waals surface area (Å²) in [4.78, 5) is 0. The maximum Gasteiger partial charge on any atom is 0.0769 e. The Balaban J connectivity index is 0.000000659. The molecule has 5 rings (SSSR count). The Morgan fingerprint density at radius 3 is 1.56 bits per heavy atom. The Bertz CT molecular complexity index is 1210. The van der Waals surface area contributed by atoms with Gasteiger partial charge in [0, 0.05) is 17.5 Å². The van der Waals surface area contributed by atoms with Crippen LogP contribution in [0.2, 0.25) is 0 Å². The second kappa shape index (κ2) is 15.6. The molecular formula is C32H42N2. The molecule has 0 aliphatic carbocycles. The molecule has 34 heavy (non-hydrogen) atoms. The van der Waals surface area contributed by atoms with Crippen LogP contribution in [0.5, 0.6) is 0 Å². The van der Waals surface area contributed by atoms with Crippen LogP contribution in [0.15, 0.2) is 89.1 Å². The number of rotatable bonds is 2. The van der Waals surface area contributed by atoms with Gasteiger partial charge in [0.1, 0.15) is 0 Å². The van der Waals surface area contributed by atoms with E-state index in [4.69, 9.17) is 0 Å². The van der Waals surface area contributed by atoms with Crippen LogP contribution in [0.25, 0.3) is 21.5 Å². The largest absolute Gasteiger partial charge is 0.154 e. The molecule has 4 aromatic rings. The van der Waals surface area contributed by atoms with E-state index in [9.17, 15) is 0 Å². The SMILES string of the molecule is CC.CC.CC.CC.Cc1ccc(C2=NN=C(c3cccc4ccccc34)C2)c2ccccc12. The standard InChI is InChI=1S/C24H18N2.4C2H6/c1-16-13-14-22(20-11-5-4-9-18(16)20)24-15-23(25-26-24)21-12-6-8-17-7-2-3-10-19(17)21;4*1-2/h2-14H,15H2,1H3;4*1-2H3. The highest BCUT2D eigenvalue weighted by atomic mass is 15.2. The summed E-state index contributed by atoms with van der Waals surface area (Å²) in [7, 11) is 0. The van der Waals surface area contributed by atoms with Crippen molar-refractivity contribution in [2.75, 3.05) is 0 Å². The lowest BCUT2D eigenvalue weighted by atomic mass is 9.93. The number of hydrogen-bond donors (Lipinski definition) is 0. The van der Waals surface area contributed by atoms with Gasteiger partial charge in [0.25, 0.3) is 0 Å². The van der Waals surface area contributed by atoms with E-state index in [-0.39, 0.29) is 0 Å². The summed E-state index contributed by atoms with van der Waals surface area (Å²) in [5.41, 5.74) is 5.74. The molecule has 0 saturated heterocycles. The number of nitrogens with zero attached hydrogens (tertiary/aromatic N) is 2. The van der Waals surface area contributed by atoms with Crippen LogP contribution in [0.3, 0.4) is 0 Å². The highest BCUT2D eigenvalue weighted by Crippen LogP contribution is 2.28. The lowest BCUT2D eigenvalue weighted by molar-refractivity contribution is 1.27. The van der Waals surface area contributed by atoms with Crippen molar-refractivity contribution < 1.29 is 0 Å². The summed E-state index contributed by atoms with van der Waals surface area (Å²) in [5, 5.41) is 14.1. The van der Waals surface area contributed by atoms with E-state index in [1.54, 1.807) is 0 Å². The molecule has 0 atom stereocenters. The lowest BCUT2D eigenvalue weighted by Gasteiger charge is -2.09.